The van der Waals surface area contributed by atoms with Crippen molar-refractivity contribution in [3.63, 3.8) is 0 Å². The first-order valence-corrected chi connectivity index (χ1v) is 14.4. The first-order chi connectivity index (χ1) is 20.2. The molecule has 4 aromatic rings. The van der Waals surface area contributed by atoms with Crippen LogP contribution in [0, 0.1) is 5.82 Å². The van der Waals surface area contributed by atoms with E-state index in [1.165, 1.54) is 12.1 Å². The number of hydrogen-bond acceptors (Lipinski definition) is 5. The van der Waals surface area contributed by atoms with E-state index < -0.39 is 17.2 Å². The maximum absolute atomic E-state index is 14.6. The minimum atomic E-state index is -1.88. The van der Waals surface area contributed by atoms with E-state index in [0.29, 0.717) is 18.8 Å². The molecule has 6 rings (SSSR count). The van der Waals surface area contributed by atoms with Gasteiger partial charge in [-0.15, -0.1) is 0 Å². The lowest BCUT2D eigenvalue weighted by Crippen LogP contribution is -2.37. The second-order valence-corrected chi connectivity index (χ2v) is 11.5. The molecule has 0 bridgehead atoms. The summed E-state index contributed by atoms with van der Waals surface area (Å²) in [5.74, 6) is 0.0197. The van der Waals surface area contributed by atoms with Gasteiger partial charge in [-0.2, -0.15) is 0 Å². The monoisotopic (exact) mass is 583 g/mol. The molecule has 2 fully saturated rings. The van der Waals surface area contributed by atoms with Crippen LogP contribution in [-0.2, 0) is 23.2 Å². The lowest BCUT2D eigenvalue weighted by Gasteiger charge is -2.35. The van der Waals surface area contributed by atoms with E-state index in [-0.39, 0.29) is 28.2 Å². The number of para-hydroxylation sites is 1. The van der Waals surface area contributed by atoms with Crippen molar-refractivity contribution >= 4 is 44.3 Å². The van der Waals surface area contributed by atoms with Crippen LogP contribution >= 0.6 is 11.6 Å². The van der Waals surface area contributed by atoms with Gasteiger partial charge in [-0.25, -0.2) is 14.2 Å². The molecule has 3 heterocycles. The van der Waals surface area contributed by atoms with Gasteiger partial charge in [-0.3, -0.25) is 4.90 Å². The highest BCUT2D eigenvalue weighted by atomic mass is 35.5. The van der Waals surface area contributed by atoms with E-state index in [1.807, 2.05) is 18.2 Å². The van der Waals surface area contributed by atoms with Crippen molar-refractivity contribution in [3.05, 3.63) is 94.0 Å². The third-order valence-electron chi connectivity index (χ3n) is 8.20. The number of piperidine rings is 1. The second-order valence-electron chi connectivity index (χ2n) is 11.0. The Morgan fingerprint density at radius 2 is 1.88 bits per heavy atom. The molecule has 3 aromatic carbocycles. The summed E-state index contributed by atoms with van der Waals surface area (Å²) < 4.78 is 28.4. The molecular formula is C31H29B2ClFN3O4. The van der Waals surface area contributed by atoms with Crippen LogP contribution in [0.4, 0.5) is 4.39 Å². The molecule has 2 saturated heterocycles. The number of benzene rings is 3. The van der Waals surface area contributed by atoms with Gasteiger partial charge in [0.1, 0.15) is 33.1 Å². The number of carboxylic acids is 1. The Kier molecular flexibility index (Phi) is 8.05. The van der Waals surface area contributed by atoms with Gasteiger partial charge < -0.3 is 19.1 Å². The number of ether oxygens (including phenoxy) is 2. The van der Waals surface area contributed by atoms with E-state index in [4.69, 9.17) is 41.8 Å². The quantitative estimate of drug-likeness (QED) is 0.272. The predicted molar refractivity (Wildman–Crippen MR) is 160 cm³/mol. The van der Waals surface area contributed by atoms with Gasteiger partial charge in [0.25, 0.3) is 0 Å². The molecule has 0 aliphatic carbocycles. The summed E-state index contributed by atoms with van der Waals surface area (Å²) in [6, 6.07) is 16.8. The number of carboxylic acid groups (broad SMARTS) is 1. The summed E-state index contributed by atoms with van der Waals surface area (Å²) in [7, 11) is 12.5. The number of fused-ring (bicyclic) bond motifs is 1. The smallest absolute Gasteiger partial charge is 0.335 e. The summed E-state index contributed by atoms with van der Waals surface area (Å²) in [6.07, 6.45) is 2.82. The number of hydrogen-bond donors (Lipinski definition) is 1. The molecule has 0 amide bonds. The van der Waals surface area contributed by atoms with Gasteiger partial charge in [0.2, 0.25) is 0 Å². The normalized spacial score (nSPS) is 18.2. The molecule has 212 valence electrons. The molecule has 4 radical (unpaired) electrons. The van der Waals surface area contributed by atoms with Gasteiger partial charge in [-0.1, -0.05) is 35.9 Å². The van der Waals surface area contributed by atoms with E-state index in [9.17, 15) is 14.3 Å². The fourth-order valence-corrected chi connectivity index (χ4v) is 5.98. The molecule has 1 atom stereocenters. The van der Waals surface area contributed by atoms with Crippen molar-refractivity contribution in [2.75, 3.05) is 19.7 Å². The molecule has 0 unspecified atom stereocenters. The van der Waals surface area contributed by atoms with Crippen molar-refractivity contribution in [1.29, 1.82) is 0 Å². The van der Waals surface area contributed by atoms with Crippen molar-refractivity contribution in [1.82, 2.24) is 14.5 Å². The minimum absolute atomic E-state index is 0.0159. The number of imidazole rings is 1. The molecule has 1 aromatic heterocycles. The summed E-state index contributed by atoms with van der Waals surface area (Å²) in [6.45, 7) is 3.68. The fourth-order valence-electron chi connectivity index (χ4n) is 5.82. The van der Waals surface area contributed by atoms with Crippen molar-refractivity contribution in [3.8, 4) is 5.75 Å². The molecule has 1 N–H and O–H groups in total. The number of halogens is 2. The third-order valence-corrected chi connectivity index (χ3v) is 8.43. The van der Waals surface area contributed by atoms with Crippen molar-refractivity contribution in [2.45, 2.75) is 49.8 Å². The lowest BCUT2D eigenvalue weighted by molar-refractivity contribution is -0.0592. The Morgan fingerprint density at radius 3 is 2.57 bits per heavy atom. The van der Waals surface area contributed by atoms with Gasteiger partial charge in [0.05, 0.1) is 41.2 Å². The highest BCUT2D eigenvalue weighted by Gasteiger charge is 2.30. The average Bonchev–Trinajstić information content (AvgIpc) is 3.27. The number of likely N-dealkylation sites (tertiary alicyclic amines) is 1. The number of nitrogens with zero attached hydrogens (tertiary/aromatic N) is 3. The van der Waals surface area contributed by atoms with E-state index in [0.717, 1.165) is 67.4 Å². The van der Waals surface area contributed by atoms with E-state index >= 15 is 0 Å². The van der Waals surface area contributed by atoms with Crippen LogP contribution < -0.4 is 4.74 Å². The van der Waals surface area contributed by atoms with Gasteiger partial charge in [-0.05, 0) is 80.2 Å². The standard InChI is InChI=1S/C31H29B2ClFN3O4/c32-31(33,24-7-6-21(34)16-25(24)35)42-28-4-2-1-3-23(28)19-9-12-37(13-10-19)18-29-36-26-8-5-20(30(39)40)15-27(26)38(29)17-22-11-14-41-22/h1-8,15-16,19,22H,9-14,17-18H2,(H,39,40)/t22-/m0/s1. The molecule has 2 aliphatic rings. The Labute approximate surface area is 251 Å². The number of aromatic carboxylic acids is 1. The molecule has 7 nitrogen and oxygen atoms in total. The number of carbonyl (C=O) groups is 1. The predicted octanol–water partition coefficient (Wildman–Crippen LogP) is 5.22. The molecule has 0 spiro atoms. The molecule has 42 heavy (non-hydrogen) atoms. The first-order valence-electron chi connectivity index (χ1n) is 14.1. The minimum Gasteiger partial charge on any atom is -0.502 e. The van der Waals surface area contributed by atoms with Crippen LogP contribution in [0.1, 0.15) is 52.5 Å². The van der Waals surface area contributed by atoms with Crippen LogP contribution in [0.25, 0.3) is 11.0 Å². The maximum atomic E-state index is 14.6. The van der Waals surface area contributed by atoms with E-state index in [2.05, 4.69) is 9.47 Å². The highest BCUT2D eigenvalue weighted by molar-refractivity contribution is 6.39. The Hall–Kier alpha value is -3.33. The molecule has 11 heteroatoms. The summed E-state index contributed by atoms with van der Waals surface area (Å²) in [5.41, 5.74) is 2.82. The zero-order chi connectivity index (χ0) is 29.4. The SMILES string of the molecule is [B]C([B])(Oc1ccccc1C1CCN(Cc2nc3ccc(C(=O)O)cc3n2C[C@@H]2CCO2)CC1)c1ccc(Cl)cc1F. The number of aromatic nitrogens is 2. The average molecular weight is 584 g/mol. The Bertz CT molecular complexity index is 1620. The topological polar surface area (TPSA) is 76.8 Å². The number of rotatable bonds is 9. The van der Waals surface area contributed by atoms with Crippen LogP contribution in [-0.4, -0.2) is 67.0 Å². The van der Waals surface area contributed by atoms with Crippen LogP contribution in [0.2, 0.25) is 5.02 Å². The summed E-state index contributed by atoms with van der Waals surface area (Å²) >= 11 is 5.90. The van der Waals surface area contributed by atoms with Crippen LogP contribution in [0.3, 0.4) is 0 Å². The summed E-state index contributed by atoms with van der Waals surface area (Å²) in [5, 5.41) is 7.88. The Morgan fingerprint density at radius 1 is 1.12 bits per heavy atom. The lowest BCUT2D eigenvalue weighted by atomic mass is 9.61. The van der Waals surface area contributed by atoms with Gasteiger partial charge in [0, 0.05) is 17.2 Å². The molecular weight excluding hydrogens is 554 g/mol. The first kappa shape index (κ1) is 28.8. The van der Waals surface area contributed by atoms with Crippen molar-refractivity contribution in [2.24, 2.45) is 0 Å². The largest absolute Gasteiger partial charge is 0.502 e. The highest BCUT2D eigenvalue weighted by Crippen LogP contribution is 2.37. The van der Waals surface area contributed by atoms with E-state index in [1.54, 1.807) is 24.3 Å². The van der Waals surface area contributed by atoms with Crippen LogP contribution in [0.15, 0.2) is 60.7 Å². The zero-order valence-electron chi connectivity index (χ0n) is 23.0. The van der Waals surface area contributed by atoms with Gasteiger partial charge >= 0.3 is 5.97 Å². The van der Waals surface area contributed by atoms with Crippen molar-refractivity contribution < 1.29 is 23.8 Å². The second kappa shape index (κ2) is 11.7. The fraction of sp³-hybridized carbons (Fsp3) is 0.355. The van der Waals surface area contributed by atoms with Crippen LogP contribution in [0.5, 0.6) is 5.75 Å². The zero-order valence-corrected chi connectivity index (χ0v) is 23.8. The molecule has 2 aliphatic heterocycles. The Balaban J connectivity index is 1.17. The van der Waals surface area contributed by atoms with Gasteiger partial charge in [0.15, 0.2) is 0 Å². The molecule has 0 saturated carbocycles. The summed E-state index contributed by atoms with van der Waals surface area (Å²) in [4.78, 5) is 18.8. The third kappa shape index (κ3) is 5.93. The maximum Gasteiger partial charge on any atom is 0.335 e.